The molecule has 0 saturated carbocycles. The molecule has 9 nitrogen and oxygen atoms in total. The number of aromatic amines is 1. The zero-order valence-electron chi connectivity index (χ0n) is 17.6. The number of Topliss-reactive ketones (excluding diaryl/α,β-unsaturated/α-hetero) is 1. The second kappa shape index (κ2) is 9.66. The number of nitrogens with one attached hydrogen (secondary N) is 2. The number of rotatable bonds is 6. The van der Waals surface area contributed by atoms with E-state index in [1.807, 2.05) is 24.3 Å². The van der Waals surface area contributed by atoms with Gasteiger partial charge in [-0.2, -0.15) is 0 Å². The van der Waals surface area contributed by atoms with Crippen LogP contribution in [0.5, 0.6) is 5.75 Å². The van der Waals surface area contributed by atoms with Gasteiger partial charge in [0.2, 0.25) is 5.12 Å². The maximum Gasteiger partial charge on any atom is 0.271 e. The third kappa shape index (κ3) is 4.91. The van der Waals surface area contributed by atoms with Crippen molar-refractivity contribution in [3.63, 3.8) is 0 Å². The number of hydrogen-bond acceptors (Lipinski definition) is 8. The molecule has 2 unspecified atom stereocenters. The minimum Gasteiger partial charge on any atom is -0.497 e. The van der Waals surface area contributed by atoms with Crippen LogP contribution in [0.2, 0.25) is 0 Å². The molecule has 2 saturated heterocycles. The van der Waals surface area contributed by atoms with Gasteiger partial charge in [-0.3, -0.25) is 24.1 Å². The Balaban J connectivity index is 1.50. The van der Waals surface area contributed by atoms with Gasteiger partial charge in [0.1, 0.15) is 23.3 Å². The predicted molar refractivity (Wildman–Crippen MR) is 119 cm³/mol. The molecule has 2 aromatic rings. The molecular formula is C22H24N4O5S. The highest BCUT2D eigenvalue weighted by Crippen LogP contribution is 2.27. The van der Waals surface area contributed by atoms with Crippen LogP contribution in [0, 0.1) is 0 Å². The lowest BCUT2D eigenvalue weighted by Crippen LogP contribution is -2.57. The number of benzene rings is 1. The minimum atomic E-state index is -0.816. The van der Waals surface area contributed by atoms with Gasteiger partial charge in [0.15, 0.2) is 5.78 Å². The number of aromatic nitrogens is 2. The number of ether oxygens (including phenoxy) is 1. The van der Waals surface area contributed by atoms with Crippen molar-refractivity contribution >= 4 is 28.6 Å². The number of thioether (sulfide) groups is 1. The number of ketones is 1. The Morgan fingerprint density at radius 2 is 2.03 bits per heavy atom. The van der Waals surface area contributed by atoms with Crippen LogP contribution in [0.3, 0.4) is 0 Å². The molecule has 4 rings (SSSR count). The van der Waals surface area contributed by atoms with Gasteiger partial charge >= 0.3 is 0 Å². The predicted octanol–water partition coefficient (Wildman–Crippen LogP) is 1.12. The number of piperidine rings is 1. The van der Waals surface area contributed by atoms with Gasteiger partial charge in [-0.15, -0.1) is 0 Å². The number of carbonyl (C=O) groups excluding carboxylic acids is 3. The summed E-state index contributed by atoms with van der Waals surface area (Å²) in [5, 5.41) is 2.70. The summed E-state index contributed by atoms with van der Waals surface area (Å²) in [7, 11) is 1.58. The van der Waals surface area contributed by atoms with Crippen LogP contribution >= 0.6 is 11.8 Å². The molecule has 3 heterocycles. The van der Waals surface area contributed by atoms with Crippen molar-refractivity contribution < 1.29 is 19.1 Å². The zero-order chi connectivity index (χ0) is 22.7. The van der Waals surface area contributed by atoms with E-state index < -0.39 is 23.7 Å². The Labute approximate surface area is 188 Å². The first-order valence-corrected chi connectivity index (χ1v) is 11.4. The smallest absolute Gasteiger partial charge is 0.271 e. The molecule has 32 heavy (non-hydrogen) atoms. The van der Waals surface area contributed by atoms with Crippen LogP contribution in [0.4, 0.5) is 0 Å². The van der Waals surface area contributed by atoms with Gasteiger partial charge in [-0.05, 0) is 37.0 Å². The average Bonchev–Trinajstić information content (AvgIpc) is 3.12. The van der Waals surface area contributed by atoms with E-state index in [2.05, 4.69) is 15.3 Å². The average molecular weight is 457 g/mol. The van der Waals surface area contributed by atoms with Gasteiger partial charge in [0.05, 0.1) is 19.0 Å². The summed E-state index contributed by atoms with van der Waals surface area (Å²) in [5.41, 5.74) is 0.480. The van der Waals surface area contributed by atoms with Crippen molar-refractivity contribution in [1.82, 2.24) is 20.2 Å². The Morgan fingerprint density at radius 3 is 2.72 bits per heavy atom. The molecular weight excluding hydrogens is 432 g/mol. The lowest BCUT2D eigenvalue weighted by Gasteiger charge is -2.38. The summed E-state index contributed by atoms with van der Waals surface area (Å²) in [6.07, 6.45) is 2.23. The van der Waals surface area contributed by atoms with Crippen LogP contribution in [0.1, 0.15) is 41.1 Å². The molecule has 2 fully saturated rings. The molecule has 2 aliphatic rings. The number of H-pyrrole nitrogens is 1. The van der Waals surface area contributed by atoms with Gasteiger partial charge in [0.25, 0.3) is 11.5 Å². The van der Waals surface area contributed by atoms with Gasteiger partial charge in [0, 0.05) is 19.0 Å². The largest absolute Gasteiger partial charge is 0.497 e. The molecule has 2 N–H and O–H groups in total. The van der Waals surface area contributed by atoms with Crippen molar-refractivity contribution in [2.45, 2.75) is 37.9 Å². The van der Waals surface area contributed by atoms with Crippen LogP contribution in [0.25, 0.3) is 0 Å². The van der Waals surface area contributed by atoms with Crippen LogP contribution < -0.4 is 15.6 Å². The Hall–Kier alpha value is -2.98. The van der Waals surface area contributed by atoms with Crippen LogP contribution in [0.15, 0.2) is 35.1 Å². The number of amides is 1. The molecule has 0 radical (unpaired) electrons. The molecule has 10 heteroatoms. The second-order valence-electron chi connectivity index (χ2n) is 7.80. The summed E-state index contributed by atoms with van der Waals surface area (Å²) in [6.45, 7) is 0.555. The number of likely N-dealkylation sites (tertiary alicyclic amines) is 1. The lowest BCUT2D eigenvalue weighted by atomic mass is 10.0. The van der Waals surface area contributed by atoms with Crippen molar-refractivity contribution in [2.75, 3.05) is 19.4 Å². The molecule has 168 valence electrons. The fraction of sp³-hybridized carbons (Fsp3) is 0.409. The number of methoxy groups -OCH3 is 1. The van der Waals surface area contributed by atoms with E-state index in [4.69, 9.17) is 4.74 Å². The van der Waals surface area contributed by atoms with E-state index in [0.717, 1.165) is 42.0 Å². The highest BCUT2D eigenvalue weighted by atomic mass is 32.2. The standard InChI is InChI=1S/C22H24N4O5S/c1-31-14-7-5-13(6-8-14)10-17-23-15(11-19(28)24-17)21(29)25-18-4-2-3-9-26(18)20-16(27)12-32-22(20)30/h5-8,11,18,20H,2-4,9-10,12H2,1H3,(H,25,29)(H,23,24,28). The number of hydrogen-bond donors (Lipinski definition) is 2. The molecule has 0 aliphatic carbocycles. The van der Waals surface area contributed by atoms with E-state index in [0.29, 0.717) is 25.2 Å². The first kappa shape index (κ1) is 22.2. The molecule has 2 aliphatic heterocycles. The van der Waals surface area contributed by atoms with Gasteiger partial charge in [-0.1, -0.05) is 23.9 Å². The normalized spacial score (nSPS) is 21.5. The SMILES string of the molecule is COc1ccc(Cc2nc(C(=O)NC3CCCCN3C3C(=O)CSC3=O)cc(=O)[nH]2)cc1. The van der Waals surface area contributed by atoms with E-state index in [-0.39, 0.29) is 22.3 Å². The topological polar surface area (TPSA) is 121 Å². The van der Waals surface area contributed by atoms with E-state index >= 15 is 0 Å². The Bertz CT molecular complexity index is 1070. The Morgan fingerprint density at radius 1 is 1.25 bits per heavy atom. The lowest BCUT2D eigenvalue weighted by molar-refractivity contribution is -0.129. The Kier molecular flexibility index (Phi) is 6.71. The van der Waals surface area contributed by atoms with Crippen molar-refractivity contribution in [1.29, 1.82) is 0 Å². The number of carbonyl (C=O) groups is 3. The summed E-state index contributed by atoms with van der Waals surface area (Å²) in [6, 6.07) is 7.68. The summed E-state index contributed by atoms with van der Waals surface area (Å²) < 4.78 is 5.15. The molecule has 0 bridgehead atoms. The zero-order valence-corrected chi connectivity index (χ0v) is 18.4. The second-order valence-corrected chi connectivity index (χ2v) is 8.78. The third-order valence-electron chi connectivity index (χ3n) is 5.61. The first-order chi connectivity index (χ1) is 15.4. The van der Waals surface area contributed by atoms with Crippen LogP contribution in [-0.2, 0) is 16.0 Å². The van der Waals surface area contributed by atoms with E-state index in [1.165, 1.54) is 0 Å². The van der Waals surface area contributed by atoms with Crippen molar-refractivity contribution in [3.05, 3.63) is 57.8 Å². The summed E-state index contributed by atoms with van der Waals surface area (Å²) >= 11 is 1.02. The maximum atomic E-state index is 12.9. The van der Waals surface area contributed by atoms with E-state index in [9.17, 15) is 19.2 Å². The van der Waals surface area contributed by atoms with Gasteiger partial charge in [-0.25, -0.2) is 4.98 Å². The molecule has 0 spiro atoms. The van der Waals surface area contributed by atoms with Crippen molar-refractivity contribution in [3.8, 4) is 5.75 Å². The summed E-state index contributed by atoms with van der Waals surface area (Å²) in [5.74, 6) is 0.626. The monoisotopic (exact) mass is 456 g/mol. The fourth-order valence-electron chi connectivity index (χ4n) is 4.04. The quantitative estimate of drug-likeness (QED) is 0.621. The molecule has 1 amide bonds. The summed E-state index contributed by atoms with van der Waals surface area (Å²) in [4.78, 5) is 58.3. The fourth-order valence-corrected chi connectivity index (χ4v) is 4.91. The number of nitrogens with zero attached hydrogens (tertiary/aromatic N) is 2. The first-order valence-electron chi connectivity index (χ1n) is 10.4. The molecule has 1 aromatic carbocycles. The van der Waals surface area contributed by atoms with Crippen LogP contribution in [-0.4, -0.2) is 63.3 Å². The highest BCUT2D eigenvalue weighted by Gasteiger charge is 2.42. The minimum absolute atomic E-state index is 0.00114. The molecule has 2 atom stereocenters. The van der Waals surface area contributed by atoms with Gasteiger partial charge < -0.3 is 15.0 Å². The van der Waals surface area contributed by atoms with Crippen molar-refractivity contribution in [2.24, 2.45) is 0 Å². The third-order valence-corrected chi connectivity index (χ3v) is 6.55. The maximum absolute atomic E-state index is 12.9. The highest BCUT2D eigenvalue weighted by molar-refractivity contribution is 8.15. The molecule has 1 aromatic heterocycles. The van der Waals surface area contributed by atoms with E-state index in [1.54, 1.807) is 12.0 Å².